The summed E-state index contributed by atoms with van der Waals surface area (Å²) in [6, 6.07) is 10.4. The number of fused-ring (bicyclic) bond motifs is 2. The number of carbonyl (C=O) groups is 2. The average Bonchev–Trinajstić information content (AvgIpc) is 3.45. The summed E-state index contributed by atoms with van der Waals surface area (Å²) in [7, 11) is 0. The van der Waals surface area contributed by atoms with Crippen LogP contribution in [0.3, 0.4) is 0 Å². The van der Waals surface area contributed by atoms with E-state index < -0.39 is 23.8 Å². The molecule has 2 aliphatic heterocycles. The summed E-state index contributed by atoms with van der Waals surface area (Å²) in [6.45, 7) is 6.37. The number of H-pyrrole nitrogens is 1. The van der Waals surface area contributed by atoms with Crippen molar-refractivity contribution in [3.63, 3.8) is 0 Å². The third kappa shape index (κ3) is 4.50. The topological polar surface area (TPSA) is 85.9 Å². The second kappa shape index (κ2) is 8.68. The highest BCUT2D eigenvalue weighted by molar-refractivity contribution is 5.94. The zero-order valence-electron chi connectivity index (χ0n) is 20.2. The second-order valence-electron chi connectivity index (χ2n) is 10.4. The zero-order chi connectivity index (χ0) is 24.9. The number of amides is 2. The first-order valence-corrected chi connectivity index (χ1v) is 11.9. The molecule has 0 saturated carbocycles. The lowest BCUT2D eigenvalue weighted by Gasteiger charge is -2.34. The van der Waals surface area contributed by atoms with E-state index in [1.54, 1.807) is 44.0 Å². The molecule has 0 aliphatic carbocycles. The van der Waals surface area contributed by atoms with Crippen molar-refractivity contribution in [3.8, 4) is 11.1 Å². The van der Waals surface area contributed by atoms with Gasteiger partial charge in [-0.05, 0) is 62.1 Å². The van der Waals surface area contributed by atoms with Crippen LogP contribution in [0.4, 0.5) is 9.18 Å². The molecular formula is C27H30FN3O4. The van der Waals surface area contributed by atoms with E-state index in [-0.39, 0.29) is 24.7 Å². The van der Waals surface area contributed by atoms with Gasteiger partial charge in [-0.3, -0.25) is 9.69 Å². The van der Waals surface area contributed by atoms with Gasteiger partial charge in [-0.2, -0.15) is 0 Å². The molecule has 0 spiro atoms. The summed E-state index contributed by atoms with van der Waals surface area (Å²) < 4.78 is 19.6. The summed E-state index contributed by atoms with van der Waals surface area (Å²) in [5.41, 5.74) is 4.19. The van der Waals surface area contributed by atoms with Crippen LogP contribution < -0.4 is 0 Å². The first-order valence-electron chi connectivity index (χ1n) is 11.9. The third-order valence-corrected chi connectivity index (χ3v) is 6.70. The van der Waals surface area contributed by atoms with Crippen molar-refractivity contribution in [3.05, 3.63) is 59.5 Å². The Labute approximate surface area is 203 Å². The number of nitrogens with one attached hydrogen (secondary N) is 1. The lowest BCUT2D eigenvalue weighted by Crippen LogP contribution is -2.50. The number of benzene rings is 2. The van der Waals surface area contributed by atoms with Crippen LogP contribution in [0.5, 0.6) is 0 Å². The molecule has 2 unspecified atom stereocenters. The molecular weight excluding hydrogens is 449 g/mol. The van der Waals surface area contributed by atoms with E-state index in [0.29, 0.717) is 24.9 Å². The summed E-state index contributed by atoms with van der Waals surface area (Å²) >= 11 is 0. The van der Waals surface area contributed by atoms with Crippen molar-refractivity contribution < 1.29 is 23.8 Å². The van der Waals surface area contributed by atoms with Crippen molar-refractivity contribution in [2.75, 3.05) is 13.1 Å². The lowest BCUT2D eigenvalue weighted by atomic mass is 9.93. The maximum Gasteiger partial charge on any atom is 0.411 e. The number of hydrogen-bond donors (Lipinski definition) is 2. The number of ether oxygens (including phenoxy) is 1. The Hall–Kier alpha value is -3.39. The van der Waals surface area contributed by atoms with Crippen molar-refractivity contribution in [1.29, 1.82) is 0 Å². The van der Waals surface area contributed by atoms with Gasteiger partial charge in [0, 0.05) is 36.7 Å². The molecule has 8 heteroatoms. The number of aromatic nitrogens is 1. The molecule has 2 aliphatic rings. The monoisotopic (exact) mass is 479 g/mol. The van der Waals surface area contributed by atoms with E-state index in [1.165, 1.54) is 11.0 Å². The number of β-amino-alcohol motifs (C(OH)–C–C–N with tert-alkyl or cyclic N) is 1. The first kappa shape index (κ1) is 23.4. The third-order valence-electron chi connectivity index (χ3n) is 6.70. The van der Waals surface area contributed by atoms with E-state index in [9.17, 15) is 19.1 Å². The Kier molecular flexibility index (Phi) is 5.79. The maximum absolute atomic E-state index is 14.1. The number of nitrogens with zero attached hydrogens (tertiary/aromatic N) is 2. The van der Waals surface area contributed by atoms with Crippen molar-refractivity contribution in [2.24, 2.45) is 0 Å². The molecule has 0 bridgehead atoms. The number of aromatic amines is 1. The van der Waals surface area contributed by atoms with E-state index in [2.05, 4.69) is 11.1 Å². The predicted octanol–water partition coefficient (Wildman–Crippen LogP) is 4.23. The van der Waals surface area contributed by atoms with Gasteiger partial charge < -0.3 is 19.7 Å². The number of rotatable bonds is 2. The van der Waals surface area contributed by atoms with Crippen LogP contribution in [-0.4, -0.2) is 62.7 Å². The fraction of sp³-hybridized carbons (Fsp3) is 0.407. The van der Waals surface area contributed by atoms with Crippen molar-refractivity contribution >= 4 is 22.9 Å². The van der Waals surface area contributed by atoms with Gasteiger partial charge in [0.05, 0.1) is 18.2 Å². The quantitative estimate of drug-likeness (QED) is 0.576. The normalized spacial score (nSPS) is 20.3. The molecule has 2 amide bonds. The van der Waals surface area contributed by atoms with Gasteiger partial charge in [0.2, 0.25) is 5.91 Å². The Morgan fingerprint density at radius 2 is 1.94 bits per heavy atom. The fourth-order valence-electron chi connectivity index (χ4n) is 5.05. The van der Waals surface area contributed by atoms with Gasteiger partial charge in [0.1, 0.15) is 17.5 Å². The van der Waals surface area contributed by atoms with Crippen molar-refractivity contribution in [2.45, 2.75) is 57.9 Å². The number of carbonyl (C=O) groups excluding carboxylic acids is 2. The molecule has 35 heavy (non-hydrogen) atoms. The number of likely N-dealkylation sites (tertiary alicyclic amines) is 1. The van der Waals surface area contributed by atoms with E-state index in [4.69, 9.17) is 4.74 Å². The first-order chi connectivity index (χ1) is 16.6. The van der Waals surface area contributed by atoms with Crippen LogP contribution in [-0.2, 0) is 22.5 Å². The molecule has 1 fully saturated rings. The Morgan fingerprint density at radius 3 is 2.71 bits per heavy atom. The molecule has 7 nitrogen and oxygen atoms in total. The van der Waals surface area contributed by atoms with Gasteiger partial charge in [-0.1, -0.05) is 18.2 Å². The molecule has 1 aromatic heterocycles. The summed E-state index contributed by atoms with van der Waals surface area (Å²) in [4.78, 5) is 32.3. The van der Waals surface area contributed by atoms with Crippen LogP contribution in [0.2, 0.25) is 0 Å². The molecule has 2 aromatic carbocycles. The van der Waals surface area contributed by atoms with Gasteiger partial charge in [0.25, 0.3) is 0 Å². The predicted molar refractivity (Wildman–Crippen MR) is 130 cm³/mol. The highest BCUT2D eigenvalue weighted by Crippen LogP contribution is 2.33. The Morgan fingerprint density at radius 1 is 1.14 bits per heavy atom. The van der Waals surface area contributed by atoms with Gasteiger partial charge in [-0.15, -0.1) is 0 Å². The number of aliphatic hydroxyl groups is 1. The Bertz CT molecular complexity index is 1300. The molecule has 2 N–H and O–H groups in total. The molecule has 3 aromatic rings. The van der Waals surface area contributed by atoms with Gasteiger partial charge in [-0.25, -0.2) is 9.18 Å². The molecule has 3 heterocycles. The lowest BCUT2D eigenvalue weighted by molar-refractivity contribution is -0.136. The highest BCUT2D eigenvalue weighted by Gasteiger charge is 2.43. The largest absolute Gasteiger partial charge is 0.444 e. The van der Waals surface area contributed by atoms with Crippen LogP contribution in [0, 0.1) is 5.82 Å². The van der Waals surface area contributed by atoms with Gasteiger partial charge in [0.15, 0.2) is 0 Å². The molecule has 0 radical (unpaired) electrons. The maximum atomic E-state index is 14.1. The number of hydrogen-bond acceptors (Lipinski definition) is 4. The summed E-state index contributed by atoms with van der Waals surface area (Å²) in [6.07, 6.45) is 1.28. The zero-order valence-corrected chi connectivity index (χ0v) is 20.2. The molecule has 1 saturated heterocycles. The number of aliphatic hydroxyl groups excluding tert-OH is 1. The molecule has 184 valence electrons. The van der Waals surface area contributed by atoms with E-state index in [1.807, 2.05) is 12.1 Å². The van der Waals surface area contributed by atoms with Crippen LogP contribution in [0.25, 0.3) is 22.0 Å². The van der Waals surface area contributed by atoms with Crippen molar-refractivity contribution in [1.82, 2.24) is 14.8 Å². The summed E-state index contributed by atoms with van der Waals surface area (Å²) in [5, 5.41) is 10.8. The van der Waals surface area contributed by atoms with Crippen LogP contribution in [0.1, 0.15) is 38.3 Å². The minimum atomic E-state index is -0.753. The second-order valence-corrected chi connectivity index (χ2v) is 10.4. The molecule has 2 atom stereocenters. The minimum Gasteiger partial charge on any atom is -0.444 e. The molecule has 5 rings (SSSR count). The SMILES string of the molecule is CC(C)(C)OC(=O)N1CC(O)CC1C(=O)N1CCc2cc(-c3ccc(F)c4cc[nH]c34)ccc2C1. The highest BCUT2D eigenvalue weighted by atomic mass is 19.1. The van der Waals surface area contributed by atoms with Crippen LogP contribution in [0.15, 0.2) is 42.6 Å². The van der Waals surface area contributed by atoms with E-state index >= 15 is 0 Å². The standard InChI is InChI=1S/C27H30FN3O4/c1-27(2,3)35-26(34)31-15-19(32)13-23(31)25(33)30-11-9-16-12-17(4-5-18(16)14-30)20-6-7-22(28)21-8-10-29-24(20)21/h4-8,10,12,19,23,29,32H,9,11,13-15H2,1-3H3. The smallest absolute Gasteiger partial charge is 0.411 e. The van der Waals surface area contributed by atoms with Crippen LogP contribution >= 0.6 is 0 Å². The number of halogens is 1. The minimum absolute atomic E-state index is 0.0873. The fourth-order valence-corrected chi connectivity index (χ4v) is 5.05. The average molecular weight is 480 g/mol. The van der Waals surface area contributed by atoms with Gasteiger partial charge >= 0.3 is 6.09 Å². The summed E-state index contributed by atoms with van der Waals surface area (Å²) in [5.74, 6) is -0.427. The van der Waals surface area contributed by atoms with E-state index in [0.717, 1.165) is 27.8 Å². The Balaban J connectivity index is 1.35.